The van der Waals surface area contributed by atoms with Crippen LogP contribution in [0.2, 0.25) is 0 Å². The highest BCUT2D eigenvalue weighted by Crippen LogP contribution is 2.34. The van der Waals surface area contributed by atoms with Gasteiger partial charge in [-0.25, -0.2) is 5.06 Å². The zero-order chi connectivity index (χ0) is 22.5. The standard InChI is InChI=1S/C26H41NO4/c1-26(2,3)31-25(29)19-20-27(30-21-23-14-10-8-11-15-23)24(28)16-12-7-5-4-6-9-13-22-17-18-22/h8,10-11,14-15,22H,4-7,9,12-13,16-21H2,1-3H3. The molecule has 31 heavy (non-hydrogen) atoms. The largest absolute Gasteiger partial charge is 0.460 e. The molecule has 0 heterocycles. The first kappa shape index (κ1) is 25.4. The molecular formula is C26H41NO4. The van der Waals surface area contributed by atoms with Gasteiger partial charge < -0.3 is 4.74 Å². The molecule has 0 spiro atoms. The average molecular weight is 432 g/mol. The molecule has 0 radical (unpaired) electrons. The molecule has 0 bridgehead atoms. The van der Waals surface area contributed by atoms with Crippen LogP contribution >= 0.6 is 0 Å². The van der Waals surface area contributed by atoms with E-state index in [4.69, 9.17) is 9.57 Å². The fraction of sp³-hybridized carbons (Fsp3) is 0.692. The summed E-state index contributed by atoms with van der Waals surface area (Å²) in [4.78, 5) is 30.6. The van der Waals surface area contributed by atoms with E-state index in [-0.39, 0.29) is 24.8 Å². The summed E-state index contributed by atoms with van der Waals surface area (Å²) in [5, 5.41) is 1.35. The molecule has 0 saturated heterocycles. The number of ether oxygens (including phenoxy) is 1. The molecular weight excluding hydrogens is 390 g/mol. The third kappa shape index (κ3) is 12.5. The second-order valence-corrected chi connectivity index (χ2v) is 9.69. The molecule has 174 valence electrons. The van der Waals surface area contributed by atoms with Gasteiger partial charge in [-0.1, -0.05) is 81.7 Å². The van der Waals surface area contributed by atoms with E-state index < -0.39 is 5.60 Å². The molecule has 1 aromatic rings. The van der Waals surface area contributed by atoms with Gasteiger partial charge in [-0.2, -0.15) is 0 Å². The Bertz CT molecular complexity index is 649. The highest BCUT2D eigenvalue weighted by molar-refractivity contribution is 5.76. The van der Waals surface area contributed by atoms with Crippen LogP contribution in [0, 0.1) is 5.92 Å². The Labute approximate surface area is 188 Å². The van der Waals surface area contributed by atoms with E-state index in [1.807, 2.05) is 51.1 Å². The minimum absolute atomic E-state index is 0.0618. The Morgan fingerprint density at radius 2 is 1.58 bits per heavy atom. The van der Waals surface area contributed by atoms with Crippen LogP contribution in [-0.2, 0) is 25.8 Å². The number of hydroxylamine groups is 2. The smallest absolute Gasteiger partial charge is 0.308 e. The Hall–Kier alpha value is -1.88. The summed E-state index contributed by atoms with van der Waals surface area (Å²) in [6.07, 6.45) is 11.9. The molecule has 1 aliphatic rings. The van der Waals surface area contributed by atoms with E-state index >= 15 is 0 Å². The summed E-state index contributed by atoms with van der Waals surface area (Å²) < 4.78 is 5.36. The predicted molar refractivity (Wildman–Crippen MR) is 123 cm³/mol. The first-order chi connectivity index (χ1) is 14.8. The number of nitrogens with zero attached hydrogens (tertiary/aromatic N) is 1. The van der Waals surface area contributed by atoms with Crippen LogP contribution in [0.5, 0.6) is 0 Å². The van der Waals surface area contributed by atoms with Crippen molar-refractivity contribution >= 4 is 11.9 Å². The van der Waals surface area contributed by atoms with Crippen LogP contribution in [0.3, 0.4) is 0 Å². The summed E-state index contributed by atoms with van der Waals surface area (Å²) in [5.41, 5.74) is 0.457. The molecule has 1 aromatic carbocycles. The fourth-order valence-electron chi connectivity index (χ4n) is 3.52. The van der Waals surface area contributed by atoms with Crippen LogP contribution < -0.4 is 0 Å². The minimum atomic E-state index is -0.532. The van der Waals surface area contributed by atoms with Gasteiger partial charge in [0.25, 0.3) is 0 Å². The Morgan fingerprint density at radius 3 is 2.23 bits per heavy atom. The molecule has 1 fully saturated rings. The number of hydrogen-bond donors (Lipinski definition) is 0. The molecule has 1 aliphatic carbocycles. The van der Waals surface area contributed by atoms with Gasteiger partial charge in [-0.15, -0.1) is 0 Å². The maximum atomic E-state index is 12.7. The van der Waals surface area contributed by atoms with Gasteiger partial charge in [-0.3, -0.25) is 14.4 Å². The summed E-state index contributed by atoms with van der Waals surface area (Å²) in [7, 11) is 0. The summed E-state index contributed by atoms with van der Waals surface area (Å²) in [6, 6.07) is 9.74. The lowest BCUT2D eigenvalue weighted by Gasteiger charge is -2.24. The third-order valence-corrected chi connectivity index (χ3v) is 5.40. The summed E-state index contributed by atoms with van der Waals surface area (Å²) in [6.45, 7) is 6.03. The minimum Gasteiger partial charge on any atom is -0.460 e. The lowest BCUT2D eigenvalue weighted by atomic mass is 10.1. The van der Waals surface area contributed by atoms with Gasteiger partial charge in [0.15, 0.2) is 0 Å². The van der Waals surface area contributed by atoms with Crippen molar-refractivity contribution in [2.45, 2.75) is 104 Å². The van der Waals surface area contributed by atoms with Crippen LogP contribution in [0.4, 0.5) is 0 Å². The van der Waals surface area contributed by atoms with Crippen molar-refractivity contribution in [3.63, 3.8) is 0 Å². The van der Waals surface area contributed by atoms with Gasteiger partial charge in [0.05, 0.1) is 13.0 Å². The van der Waals surface area contributed by atoms with Crippen LogP contribution in [0.15, 0.2) is 30.3 Å². The fourth-order valence-corrected chi connectivity index (χ4v) is 3.52. The van der Waals surface area contributed by atoms with E-state index in [0.29, 0.717) is 13.0 Å². The van der Waals surface area contributed by atoms with E-state index in [9.17, 15) is 9.59 Å². The normalized spacial score (nSPS) is 13.8. The Morgan fingerprint density at radius 1 is 0.935 bits per heavy atom. The maximum absolute atomic E-state index is 12.7. The average Bonchev–Trinajstić information content (AvgIpc) is 3.53. The van der Waals surface area contributed by atoms with E-state index in [1.165, 1.54) is 50.0 Å². The van der Waals surface area contributed by atoms with Crippen molar-refractivity contribution < 1.29 is 19.2 Å². The van der Waals surface area contributed by atoms with Gasteiger partial charge in [0.2, 0.25) is 5.91 Å². The topological polar surface area (TPSA) is 55.8 Å². The molecule has 5 heteroatoms. The van der Waals surface area contributed by atoms with Crippen LogP contribution in [-0.4, -0.2) is 29.1 Å². The number of amides is 1. The van der Waals surface area contributed by atoms with Crippen molar-refractivity contribution in [3.8, 4) is 0 Å². The van der Waals surface area contributed by atoms with E-state index in [1.54, 1.807) is 0 Å². The van der Waals surface area contributed by atoms with Crippen molar-refractivity contribution in [2.24, 2.45) is 5.92 Å². The first-order valence-corrected chi connectivity index (χ1v) is 12.0. The SMILES string of the molecule is CC(C)(C)OC(=O)CCN(OCc1ccccc1)C(=O)CCCCCCCCC1CC1. The molecule has 0 N–H and O–H groups in total. The summed E-state index contributed by atoms with van der Waals surface area (Å²) >= 11 is 0. The van der Waals surface area contributed by atoms with Gasteiger partial charge in [-0.05, 0) is 38.7 Å². The molecule has 1 saturated carbocycles. The number of hydrogen-bond acceptors (Lipinski definition) is 4. The summed E-state index contributed by atoms with van der Waals surface area (Å²) in [5.74, 6) is 0.646. The molecule has 0 aliphatic heterocycles. The van der Waals surface area contributed by atoms with Gasteiger partial charge in [0, 0.05) is 6.42 Å². The predicted octanol–water partition coefficient (Wildman–Crippen LogP) is 6.21. The number of benzene rings is 1. The number of carbonyl (C=O) groups excluding carboxylic acids is 2. The zero-order valence-electron chi connectivity index (χ0n) is 19.7. The van der Waals surface area contributed by atoms with Crippen LogP contribution in [0.25, 0.3) is 0 Å². The number of unbranched alkanes of at least 4 members (excludes halogenated alkanes) is 5. The Balaban J connectivity index is 1.70. The highest BCUT2D eigenvalue weighted by Gasteiger charge is 2.21. The third-order valence-electron chi connectivity index (χ3n) is 5.40. The van der Waals surface area contributed by atoms with Crippen LogP contribution in [0.1, 0.15) is 97.0 Å². The molecule has 1 amide bonds. The Kier molecular flexibility index (Phi) is 11.1. The van der Waals surface area contributed by atoms with Gasteiger partial charge in [0.1, 0.15) is 12.2 Å². The van der Waals surface area contributed by atoms with Crippen molar-refractivity contribution in [3.05, 3.63) is 35.9 Å². The van der Waals surface area contributed by atoms with E-state index in [0.717, 1.165) is 24.3 Å². The molecule has 5 nitrogen and oxygen atoms in total. The molecule has 0 aromatic heterocycles. The monoisotopic (exact) mass is 431 g/mol. The van der Waals surface area contributed by atoms with E-state index in [2.05, 4.69) is 0 Å². The quantitative estimate of drug-likeness (QED) is 0.188. The van der Waals surface area contributed by atoms with Crippen molar-refractivity contribution in [1.29, 1.82) is 0 Å². The highest BCUT2D eigenvalue weighted by atomic mass is 16.7. The van der Waals surface area contributed by atoms with Crippen molar-refractivity contribution in [2.75, 3.05) is 6.54 Å². The van der Waals surface area contributed by atoms with Gasteiger partial charge >= 0.3 is 5.97 Å². The van der Waals surface area contributed by atoms with Crippen molar-refractivity contribution in [1.82, 2.24) is 5.06 Å². The number of carbonyl (C=O) groups is 2. The lowest BCUT2D eigenvalue weighted by molar-refractivity contribution is -0.194. The lowest BCUT2D eigenvalue weighted by Crippen LogP contribution is -2.34. The molecule has 0 unspecified atom stereocenters. The molecule has 0 atom stereocenters. The maximum Gasteiger partial charge on any atom is 0.308 e. The zero-order valence-corrected chi connectivity index (χ0v) is 19.7. The number of esters is 1. The second kappa shape index (κ2) is 13.5. The first-order valence-electron chi connectivity index (χ1n) is 12.0. The molecule has 2 rings (SSSR count). The number of rotatable bonds is 15. The second-order valence-electron chi connectivity index (χ2n) is 9.69.